The third-order valence-electron chi connectivity index (χ3n) is 6.69. The van der Waals surface area contributed by atoms with Gasteiger partial charge in [0.1, 0.15) is 23.0 Å². The maximum Gasteiger partial charge on any atom is 0.277 e. The van der Waals surface area contributed by atoms with Gasteiger partial charge in [-0.25, -0.2) is 9.07 Å². The van der Waals surface area contributed by atoms with E-state index in [1.54, 1.807) is 54.2 Å². The van der Waals surface area contributed by atoms with Gasteiger partial charge in [0.25, 0.3) is 11.8 Å². The van der Waals surface area contributed by atoms with Crippen LogP contribution in [-0.4, -0.2) is 60.1 Å². The van der Waals surface area contributed by atoms with E-state index in [9.17, 15) is 9.59 Å². The lowest BCUT2D eigenvalue weighted by molar-refractivity contribution is 0.0966. The van der Waals surface area contributed by atoms with Gasteiger partial charge in [-0.05, 0) is 49.2 Å². The van der Waals surface area contributed by atoms with Crippen LogP contribution in [0.4, 0.5) is 10.1 Å². The molecular formula is C25H25FN6O3. The lowest BCUT2D eigenvalue weighted by atomic mass is 9.88. The number of ether oxygens (including phenoxy) is 1. The van der Waals surface area contributed by atoms with E-state index < -0.39 is 23.0 Å². The summed E-state index contributed by atoms with van der Waals surface area (Å²) in [5.74, 6) is -1.14. The molecule has 0 radical (unpaired) electrons. The molecule has 1 saturated carbocycles. The summed E-state index contributed by atoms with van der Waals surface area (Å²) in [6, 6.07) is 11.4. The van der Waals surface area contributed by atoms with E-state index in [1.807, 2.05) is 0 Å². The summed E-state index contributed by atoms with van der Waals surface area (Å²) in [6.45, 7) is 0.361. The molecule has 1 fully saturated rings. The predicted octanol–water partition coefficient (Wildman–Crippen LogP) is 2.70. The molecule has 10 heteroatoms. The van der Waals surface area contributed by atoms with E-state index >= 15 is 4.39 Å². The number of hydrogen-bond acceptors (Lipinski definition) is 5. The Labute approximate surface area is 201 Å². The molecule has 2 amide bonds. The number of aromatic nitrogens is 2. The number of fused-ring (bicyclic) bond motifs is 2. The van der Waals surface area contributed by atoms with Crippen LogP contribution in [0.1, 0.15) is 44.9 Å². The van der Waals surface area contributed by atoms with Crippen LogP contribution in [0.2, 0.25) is 0 Å². The van der Waals surface area contributed by atoms with Crippen molar-refractivity contribution in [3.63, 3.8) is 0 Å². The van der Waals surface area contributed by atoms with Gasteiger partial charge in [-0.2, -0.15) is 5.10 Å². The highest BCUT2D eigenvalue weighted by Crippen LogP contribution is 2.54. The van der Waals surface area contributed by atoms with E-state index in [1.165, 1.54) is 23.9 Å². The molecule has 0 bridgehead atoms. The second kappa shape index (κ2) is 7.93. The first-order chi connectivity index (χ1) is 16.7. The van der Waals surface area contributed by atoms with Crippen LogP contribution in [0, 0.1) is 11.2 Å². The molecule has 2 aliphatic rings. The van der Waals surface area contributed by atoms with Crippen molar-refractivity contribution in [1.29, 1.82) is 5.41 Å². The number of primary amides is 1. The first-order valence-electron chi connectivity index (χ1n) is 11.1. The molecule has 2 heterocycles. The summed E-state index contributed by atoms with van der Waals surface area (Å²) in [5.41, 5.74) is 7.18. The molecule has 180 valence electrons. The first kappa shape index (κ1) is 22.6. The van der Waals surface area contributed by atoms with Gasteiger partial charge < -0.3 is 20.3 Å². The number of amidine groups is 1. The minimum absolute atomic E-state index is 0.00417. The van der Waals surface area contributed by atoms with E-state index in [-0.39, 0.29) is 17.1 Å². The fourth-order valence-electron chi connectivity index (χ4n) is 4.66. The molecule has 9 nitrogen and oxygen atoms in total. The zero-order valence-electron chi connectivity index (χ0n) is 19.6. The summed E-state index contributed by atoms with van der Waals surface area (Å²) in [5, 5.41) is 12.5. The van der Waals surface area contributed by atoms with Gasteiger partial charge in [0.15, 0.2) is 11.5 Å². The number of amides is 2. The number of rotatable bonds is 5. The summed E-state index contributed by atoms with van der Waals surface area (Å²) in [7, 11) is 5.01. The van der Waals surface area contributed by atoms with Crippen molar-refractivity contribution in [1.82, 2.24) is 14.7 Å². The number of carbonyl (C=O) groups is 2. The number of carbonyl (C=O) groups excluding carboxylic acids is 2. The molecule has 1 aliphatic heterocycles. The van der Waals surface area contributed by atoms with Gasteiger partial charge in [-0.1, -0.05) is 0 Å². The van der Waals surface area contributed by atoms with Gasteiger partial charge >= 0.3 is 0 Å². The third-order valence-corrected chi connectivity index (χ3v) is 6.69. The van der Waals surface area contributed by atoms with Crippen molar-refractivity contribution in [3.05, 3.63) is 70.8 Å². The Kier molecular flexibility index (Phi) is 5.12. The van der Waals surface area contributed by atoms with Crippen molar-refractivity contribution in [2.24, 2.45) is 5.73 Å². The molecule has 1 spiro atoms. The number of nitrogens with two attached hydrogens (primary N) is 1. The van der Waals surface area contributed by atoms with Crippen molar-refractivity contribution in [2.45, 2.75) is 18.3 Å². The van der Waals surface area contributed by atoms with Gasteiger partial charge in [0, 0.05) is 48.9 Å². The highest BCUT2D eigenvalue weighted by atomic mass is 19.1. The average Bonchev–Trinajstić information content (AvgIpc) is 3.49. The summed E-state index contributed by atoms with van der Waals surface area (Å²) in [6.07, 6.45) is 1.51. The molecule has 2 aromatic carbocycles. The fourth-order valence-corrected chi connectivity index (χ4v) is 4.66. The summed E-state index contributed by atoms with van der Waals surface area (Å²) < 4.78 is 21.3. The van der Waals surface area contributed by atoms with Gasteiger partial charge in [0.05, 0.1) is 7.11 Å². The topological polar surface area (TPSA) is 118 Å². The fraction of sp³-hybridized carbons (Fsp3) is 0.280. The Morgan fingerprint density at radius 1 is 1.20 bits per heavy atom. The number of benzene rings is 2. The Morgan fingerprint density at radius 3 is 2.43 bits per heavy atom. The van der Waals surface area contributed by atoms with Crippen molar-refractivity contribution >= 4 is 23.3 Å². The van der Waals surface area contributed by atoms with E-state index in [0.29, 0.717) is 34.9 Å². The Bertz CT molecular complexity index is 1370. The van der Waals surface area contributed by atoms with Gasteiger partial charge in [-0.15, -0.1) is 0 Å². The number of anilines is 1. The molecule has 3 N–H and O–H groups in total. The standard InChI is InChI=1S/C25H25FN6O3/c1-30(2)22(27)14-4-6-15(7-5-14)31-13-25(10-11-25)19-20(23(28)33)29-32(21(19)24(31)34)18-9-8-16(35-3)12-17(18)26/h4-9,12,27H,10-11,13H2,1-3H3,(H2,28,33). The normalized spacial score (nSPS) is 15.7. The SMILES string of the molecule is COc1ccc(-n2nc(C(N)=O)c3c2C(=O)N(c2ccc(C(=N)N(C)C)cc2)CC32CC2)c(F)c1. The second-order valence-electron chi connectivity index (χ2n) is 9.13. The number of nitrogens with one attached hydrogen (secondary N) is 1. The summed E-state index contributed by atoms with van der Waals surface area (Å²) >= 11 is 0. The minimum Gasteiger partial charge on any atom is -0.497 e. The highest BCUT2D eigenvalue weighted by molar-refractivity contribution is 6.11. The van der Waals surface area contributed by atoms with Gasteiger partial charge in [0.2, 0.25) is 0 Å². The maximum atomic E-state index is 15.0. The van der Waals surface area contributed by atoms with E-state index in [4.69, 9.17) is 15.9 Å². The first-order valence-corrected chi connectivity index (χ1v) is 11.1. The Balaban J connectivity index is 1.64. The molecule has 5 rings (SSSR count). The van der Waals surface area contributed by atoms with Crippen molar-refractivity contribution in [3.8, 4) is 11.4 Å². The third kappa shape index (κ3) is 3.52. The van der Waals surface area contributed by atoms with Crippen LogP contribution in [0.25, 0.3) is 5.69 Å². The second-order valence-corrected chi connectivity index (χ2v) is 9.13. The number of nitrogens with zero attached hydrogens (tertiary/aromatic N) is 4. The monoisotopic (exact) mass is 476 g/mol. The number of methoxy groups -OCH3 is 1. The van der Waals surface area contributed by atoms with Crippen LogP contribution >= 0.6 is 0 Å². The molecular weight excluding hydrogens is 451 g/mol. The van der Waals surface area contributed by atoms with Crippen LogP contribution in [0.5, 0.6) is 5.75 Å². The van der Waals surface area contributed by atoms with Crippen LogP contribution < -0.4 is 15.4 Å². The lowest BCUT2D eigenvalue weighted by Crippen LogP contribution is -2.45. The number of halogens is 1. The zero-order chi connectivity index (χ0) is 25.1. The van der Waals surface area contributed by atoms with Crippen molar-refractivity contribution in [2.75, 3.05) is 32.6 Å². The lowest BCUT2D eigenvalue weighted by Gasteiger charge is -2.33. The van der Waals surface area contributed by atoms with Crippen LogP contribution in [-0.2, 0) is 5.41 Å². The predicted molar refractivity (Wildman–Crippen MR) is 128 cm³/mol. The van der Waals surface area contributed by atoms with Gasteiger partial charge in [-0.3, -0.25) is 15.0 Å². The molecule has 3 aromatic rings. The molecule has 0 atom stereocenters. The number of hydrogen-bond donors (Lipinski definition) is 2. The Hall–Kier alpha value is -4.21. The maximum absolute atomic E-state index is 15.0. The quantitative estimate of drug-likeness (QED) is 0.434. The van der Waals surface area contributed by atoms with Crippen molar-refractivity contribution < 1.29 is 18.7 Å². The average molecular weight is 477 g/mol. The smallest absolute Gasteiger partial charge is 0.277 e. The van der Waals surface area contributed by atoms with E-state index in [0.717, 1.165) is 12.8 Å². The highest BCUT2D eigenvalue weighted by Gasteiger charge is 2.56. The van der Waals surface area contributed by atoms with Crippen LogP contribution in [0.3, 0.4) is 0 Å². The van der Waals surface area contributed by atoms with Crippen LogP contribution in [0.15, 0.2) is 42.5 Å². The zero-order valence-corrected chi connectivity index (χ0v) is 19.6. The molecule has 1 aliphatic carbocycles. The summed E-state index contributed by atoms with van der Waals surface area (Å²) in [4.78, 5) is 29.5. The Morgan fingerprint density at radius 2 is 1.89 bits per heavy atom. The molecule has 35 heavy (non-hydrogen) atoms. The molecule has 1 aromatic heterocycles. The molecule has 0 unspecified atom stereocenters. The van der Waals surface area contributed by atoms with E-state index in [2.05, 4.69) is 5.10 Å². The largest absolute Gasteiger partial charge is 0.497 e. The molecule has 0 saturated heterocycles. The minimum atomic E-state index is -0.756.